The summed E-state index contributed by atoms with van der Waals surface area (Å²) in [7, 11) is 0. The van der Waals surface area contributed by atoms with Crippen LogP contribution in [0.2, 0.25) is 0 Å². The summed E-state index contributed by atoms with van der Waals surface area (Å²) in [4.78, 5) is 11.8. The fourth-order valence-electron chi connectivity index (χ4n) is 2.05. The van der Waals surface area contributed by atoms with Crippen molar-refractivity contribution in [3.63, 3.8) is 0 Å². The summed E-state index contributed by atoms with van der Waals surface area (Å²) in [6, 6.07) is 21.0. The Morgan fingerprint density at radius 1 is 0.826 bits per heavy atom. The number of rotatable bonds is 5. The summed E-state index contributed by atoms with van der Waals surface area (Å²) in [5, 5.41) is 6.09. The van der Waals surface area contributed by atoms with Crippen LogP contribution >= 0.6 is 0 Å². The zero-order valence-electron chi connectivity index (χ0n) is 12.4. The lowest BCUT2D eigenvalue weighted by molar-refractivity contribution is -0.111. The van der Waals surface area contributed by atoms with Gasteiger partial charge in [0.15, 0.2) is 0 Å². The maximum atomic E-state index is 11.8. The molecule has 0 spiro atoms. The molecule has 1 aromatic heterocycles. The molecular weight excluding hydrogens is 288 g/mol. The third-order valence-corrected chi connectivity index (χ3v) is 3.16. The fraction of sp³-hybridized carbons (Fsp3) is 0. The molecule has 23 heavy (non-hydrogen) atoms. The largest absolute Gasteiger partial charge is 0.465 e. The van der Waals surface area contributed by atoms with E-state index in [1.54, 1.807) is 24.5 Å². The van der Waals surface area contributed by atoms with E-state index >= 15 is 0 Å². The zero-order chi connectivity index (χ0) is 15.9. The van der Waals surface area contributed by atoms with E-state index in [2.05, 4.69) is 10.6 Å². The summed E-state index contributed by atoms with van der Waals surface area (Å²) in [6.45, 7) is 0. The van der Waals surface area contributed by atoms with E-state index in [4.69, 9.17) is 4.42 Å². The van der Waals surface area contributed by atoms with Crippen LogP contribution in [0.25, 0.3) is 6.08 Å². The first-order valence-corrected chi connectivity index (χ1v) is 7.24. The molecule has 0 aliphatic heterocycles. The smallest absolute Gasteiger partial charge is 0.248 e. The summed E-state index contributed by atoms with van der Waals surface area (Å²) >= 11 is 0. The van der Waals surface area contributed by atoms with Gasteiger partial charge in [-0.1, -0.05) is 18.2 Å². The molecule has 2 N–H and O–H groups in total. The van der Waals surface area contributed by atoms with Crippen molar-refractivity contribution in [1.29, 1.82) is 0 Å². The number of furan rings is 1. The first-order valence-electron chi connectivity index (χ1n) is 7.24. The second-order valence-corrected chi connectivity index (χ2v) is 4.91. The Morgan fingerprint density at radius 2 is 1.52 bits per heavy atom. The number of amides is 1. The number of benzene rings is 2. The third kappa shape index (κ3) is 4.35. The van der Waals surface area contributed by atoms with Gasteiger partial charge >= 0.3 is 0 Å². The molecule has 3 aromatic rings. The highest BCUT2D eigenvalue weighted by molar-refractivity contribution is 6.01. The maximum Gasteiger partial charge on any atom is 0.248 e. The molecule has 0 radical (unpaired) electrons. The summed E-state index contributed by atoms with van der Waals surface area (Å²) in [5.41, 5.74) is 2.71. The molecule has 4 heteroatoms. The average molecular weight is 304 g/mol. The van der Waals surface area contributed by atoms with E-state index in [9.17, 15) is 4.79 Å². The van der Waals surface area contributed by atoms with Crippen LogP contribution in [0, 0.1) is 0 Å². The standard InChI is InChI=1S/C19H16N2O2/c22-19(13-12-18-7-4-14-23-18)21-17-10-8-16(9-11-17)20-15-5-2-1-3-6-15/h1-14,20H,(H,21,22). The number of nitrogens with one attached hydrogen (secondary N) is 2. The van der Waals surface area contributed by atoms with Gasteiger partial charge in [0.1, 0.15) is 5.76 Å². The maximum absolute atomic E-state index is 11.8. The van der Waals surface area contributed by atoms with Crippen molar-refractivity contribution in [3.8, 4) is 0 Å². The van der Waals surface area contributed by atoms with E-state index in [-0.39, 0.29) is 5.91 Å². The van der Waals surface area contributed by atoms with Crippen molar-refractivity contribution in [2.45, 2.75) is 0 Å². The molecule has 0 saturated carbocycles. The van der Waals surface area contributed by atoms with E-state index in [0.29, 0.717) is 5.76 Å². The molecule has 0 unspecified atom stereocenters. The molecule has 1 amide bonds. The molecule has 4 nitrogen and oxygen atoms in total. The minimum atomic E-state index is -0.204. The average Bonchev–Trinajstić information content (AvgIpc) is 3.09. The minimum absolute atomic E-state index is 0.204. The molecule has 114 valence electrons. The SMILES string of the molecule is O=C(C=Cc1ccco1)Nc1ccc(Nc2ccccc2)cc1. The molecule has 0 saturated heterocycles. The van der Waals surface area contributed by atoms with Gasteiger partial charge in [0.05, 0.1) is 6.26 Å². The van der Waals surface area contributed by atoms with Crippen molar-refractivity contribution in [1.82, 2.24) is 0 Å². The Bertz CT molecular complexity index is 776. The molecule has 3 rings (SSSR count). The highest BCUT2D eigenvalue weighted by Crippen LogP contribution is 2.18. The summed E-state index contributed by atoms with van der Waals surface area (Å²) in [6.07, 6.45) is 4.63. The van der Waals surface area contributed by atoms with Crippen molar-refractivity contribution < 1.29 is 9.21 Å². The van der Waals surface area contributed by atoms with Gasteiger partial charge in [0, 0.05) is 23.1 Å². The topological polar surface area (TPSA) is 54.3 Å². The van der Waals surface area contributed by atoms with Gasteiger partial charge < -0.3 is 15.1 Å². The van der Waals surface area contributed by atoms with Crippen LogP contribution in [0.5, 0.6) is 0 Å². The lowest BCUT2D eigenvalue weighted by atomic mass is 10.2. The Kier molecular flexibility index (Phi) is 4.55. The number of hydrogen-bond acceptors (Lipinski definition) is 3. The second kappa shape index (κ2) is 7.13. The molecule has 0 aliphatic carbocycles. The van der Waals surface area contributed by atoms with Gasteiger partial charge in [0.2, 0.25) is 5.91 Å². The second-order valence-electron chi connectivity index (χ2n) is 4.91. The van der Waals surface area contributed by atoms with Crippen molar-refractivity contribution in [3.05, 3.63) is 84.8 Å². The Morgan fingerprint density at radius 3 is 2.22 bits per heavy atom. The normalized spacial score (nSPS) is 10.6. The zero-order valence-corrected chi connectivity index (χ0v) is 12.4. The minimum Gasteiger partial charge on any atom is -0.465 e. The lowest BCUT2D eigenvalue weighted by Crippen LogP contribution is -2.07. The van der Waals surface area contributed by atoms with Gasteiger partial charge in [-0.15, -0.1) is 0 Å². The van der Waals surface area contributed by atoms with Crippen molar-refractivity contribution >= 4 is 29.0 Å². The van der Waals surface area contributed by atoms with Crippen LogP contribution in [0.4, 0.5) is 17.1 Å². The number of carbonyl (C=O) groups is 1. The van der Waals surface area contributed by atoms with E-state index in [1.807, 2.05) is 54.6 Å². The van der Waals surface area contributed by atoms with Crippen LogP contribution in [-0.2, 0) is 4.79 Å². The number of para-hydroxylation sites is 1. The van der Waals surface area contributed by atoms with Crippen LogP contribution in [0.1, 0.15) is 5.76 Å². The molecule has 0 aliphatic rings. The van der Waals surface area contributed by atoms with Gasteiger partial charge in [0.25, 0.3) is 0 Å². The van der Waals surface area contributed by atoms with Crippen LogP contribution < -0.4 is 10.6 Å². The molecule has 0 fully saturated rings. The summed E-state index contributed by atoms with van der Waals surface area (Å²) < 4.78 is 5.13. The van der Waals surface area contributed by atoms with Crippen molar-refractivity contribution in [2.75, 3.05) is 10.6 Å². The molecular formula is C19H16N2O2. The summed E-state index contributed by atoms with van der Waals surface area (Å²) in [5.74, 6) is 0.438. The van der Waals surface area contributed by atoms with Crippen molar-refractivity contribution in [2.24, 2.45) is 0 Å². The predicted octanol–water partition coefficient (Wildman–Crippen LogP) is 4.68. The predicted molar refractivity (Wildman–Crippen MR) is 92.5 cm³/mol. The number of anilines is 3. The van der Waals surface area contributed by atoms with E-state index < -0.39 is 0 Å². The quantitative estimate of drug-likeness (QED) is 0.673. The number of hydrogen-bond donors (Lipinski definition) is 2. The lowest BCUT2D eigenvalue weighted by Gasteiger charge is -2.07. The first kappa shape index (κ1) is 14.7. The number of carbonyl (C=O) groups excluding carboxylic acids is 1. The first-order chi connectivity index (χ1) is 11.3. The Balaban J connectivity index is 1.58. The molecule has 0 bridgehead atoms. The monoisotopic (exact) mass is 304 g/mol. The van der Waals surface area contributed by atoms with Gasteiger partial charge in [-0.25, -0.2) is 0 Å². The van der Waals surface area contributed by atoms with Crippen LogP contribution in [0.15, 0.2) is 83.5 Å². The van der Waals surface area contributed by atoms with Gasteiger partial charge in [-0.05, 0) is 54.6 Å². The van der Waals surface area contributed by atoms with Gasteiger partial charge in [-0.2, -0.15) is 0 Å². The molecule has 0 atom stereocenters. The Hall–Kier alpha value is -3.27. The molecule has 1 heterocycles. The van der Waals surface area contributed by atoms with Gasteiger partial charge in [-0.3, -0.25) is 4.79 Å². The highest BCUT2D eigenvalue weighted by atomic mass is 16.3. The Labute approximate surface area is 134 Å². The van der Waals surface area contributed by atoms with E-state index in [0.717, 1.165) is 17.1 Å². The van der Waals surface area contributed by atoms with E-state index in [1.165, 1.54) is 6.08 Å². The molecule has 2 aromatic carbocycles. The third-order valence-electron chi connectivity index (χ3n) is 3.16. The highest BCUT2D eigenvalue weighted by Gasteiger charge is 1.99. The van der Waals surface area contributed by atoms with Crippen LogP contribution in [0.3, 0.4) is 0 Å². The fourth-order valence-corrected chi connectivity index (χ4v) is 2.05. The van der Waals surface area contributed by atoms with Crippen LogP contribution in [-0.4, -0.2) is 5.91 Å².